The Labute approximate surface area is 75.8 Å². The number of nitrogens with zero attached hydrogens (tertiary/aromatic N) is 2. The number of hydrogen-bond acceptors (Lipinski definition) is 2. The van der Waals surface area contributed by atoms with Crippen LogP contribution in [0.3, 0.4) is 0 Å². The summed E-state index contributed by atoms with van der Waals surface area (Å²) in [7, 11) is 0. The molecule has 3 heteroatoms. The molecule has 0 atom stereocenters. The molecule has 2 rings (SSSR count). The molecule has 0 aromatic carbocycles. The van der Waals surface area contributed by atoms with E-state index < -0.39 is 0 Å². The maximum Gasteiger partial charge on any atom is 0.129 e. The van der Waals surface area contributed by atoms with Crippen molar-refractivity contribution in [2.45, 2.75) is 18.3 Å². The van der Waals surface area contributed by atoms with Gasteiger partial charge in [-0.05, 0) is 25.0 Å². The third kappa shape index (κ3) is 1.07. The zero-order valence-corrected chi connectivity index (χ0v) is 7.17. The summed E-state index contributed by atoms with van der Waals surface area (Å²) in [5, 5.41) is 9.33. The Hall–Kier alpha value is -1.07. The number of hydrogen-bond donors (Lipinski definition) is 0. The molecule has 1 saturated carbocycles. The molecule has 0 spiro atoms. The Kier molecular flexibility index (Phi) is 1.55. The number of halogens is 1. The van der Waals surface area contributed by atoms with Gasteiger partial charge in [0.15, 0.2) is 0 Å². The van der Waals surface area contributed by atoms with Crippen LogP contribution in [0.4, 0.5) is 0 Å². The van der Waals surface area contributed by atoms with Gasteiger partial charge >= 0.3 is 0 Å². The van der Waals surface area contributed by atoms with Crippen molar-refractivity contribution in [1.82, 2.24) is 4.98 Å². The van der Waals surface area contributed by atoms with Crippen LogP contribution in [0.15, 0.2) is 18.2 Å². The zero-order chi connectivity index (χ0) is 8.60. The zero-order valence-electron chi connectivity index (χ0n) is 6.42. The SMILES string of the molecule is N#CC1(c2cccc(Cl)n2)CC1. The Bertz CT molecular complexity index is 350. The molecular weight excluding hydrogens is 172 g/mol. The Morgan fingerprint density at radius 3 is 2.75 bits per heavy atom. The van der Waals surface area contributed by atoms with E-state index in [1.54, 1.807) is 6.07 Å². The summed E-state index contributed by atoms with van der Waals surface area (Å²) < 4.78 is 0. The van der Waals surface area contributed by atoms with Gasteiger partial charge < -0.3 is 0 Å². The molecule has 0 saturated heterocycles. The second-order valence-electron chi connectivity index (χ2n) is 3.04. The van der Waals surface area contributed by atoms with Crippen LogP contribution in [-0.4, -0.2) is 4.98 Å². The van der Waals surface area contributed by atoms with Crippen molar-refractivity contribution in [1.29, 1.82) is 5.26 Å². The van der Waals surface area contributed by atoms with Gasteiger partial charge in [0.1, 0.15) is 5.15 Å². The molecular formula is C9H7ClN2. The van der Waals surface area contributed by atoms with Crippen LogP contribution in [0.25, 0.3) is 0 Å². The molecule has 1 aliphatic carbocycles. The highest BCUT2D eigenvalue weighted by atomic mass is 35.5. The van der Waals surface area contributed by atoms with Gasteiger partial charge in [0.2, 0.25) is 0 Å². The molecule has 0 aliphatic heterocycles. The van der Waals surface area contributed by atoms with E-state index >= 15 is 0 Å². The third-order valence-electron chi connectivity index (χ3n) is 2.17. The van der Waals surface area contributed by atoms with Crippen molar-refractivity contribution in [2.75, 3.05) is 0 Å². The molecule has 0 unspecified atom stereocenters. The second kappa shape index (κ2) is 2.46. The monoisotopic (exact) mass is 178 g/mol. The van der Waals surface area contributed by atoms with Crippen molar-refractivity contribution >= 4 is 11.6 Å². The van der Waals surface area contributed by atoms with Crippen molar-refractivity contribution < 1.29 is 0 Å². The van der Waals surface area contributed by atoms with E-state index in [0.29, 0.717) is 5.15 Å². The maximum atomic E-state index is 8.87. The molecule has 1 fully saturated rings. The van der Waals surface area contributed by atoms with Crippen LogP contribution in [-0.2, 0) is 5.41 Å². The summed E-state index contributed by atoms with van der Waals surface area (Å²) in [6.45, 7) is 0. The minimum absolute atomic E-state index is 0.315. The lowest BCUT2D eigenvalue weighted by Crippen LogP contribution is -2.04. The summed E-state index contributed by atoms with van der Waals surface area (Å²) in [6.07, 6.45) is 1.83. The summed E-state index contributed by atoms with van der Waals surface area (Å²) >= 11 is 5.72. The second-order valence-corrected chi connectivity index (χ2v) is 3.43. The van der Waals surface area contributed by atoms with Gasteiger partial charge in [0.05, 0.1) is 17.2 Å². The summed E-state index contributed by atoms with van der Waals surface area (Å²) in [5.41, 5.74) is 0.503. The predicted octanol–water partition coefficient (Wildman–Crippen LogP) is 2.29. The molecule has 1 aromatic rings. The fourth-order valence-electron chi connectivity index (χ4n) is 1.23. The summed E-state index contributed by atoms with van der Waals surface area (Å²) in [4.78, 5) is 4.12. The molecule has 2 nitrogen and oxygen atoms in total. The predicted molar refractivity (Wildman–Crippen MR) is 45.8 cm³/mol. The lowest BCUT2D eigenvalue weighted by atomic mass is 10.0. The average Bonchev–Trinajstić information content (AvgIpc) is 2.84. The van der Waals surface area contributed by atoms with E-state index in [4.69, 9.17) is 16.9 Å². The van der Waals surface area contributed by atoms with Gasteiger partial charge in [0.25, 0.3) is 0 Å². The lowest BCUT2D eigenvalue weighted by Gasteiger charge is -2.03. The van der Waals surface area contributed by atoms with Gasteiger partial charge in [-0.3, -0.25) is 0 Å². The highest BCUT2D eigenvalue weighted by Gasteiger charge is 2.46. The first-order valence-electron chi connectivity index (χ1n) is 3.81. The maximum absolute atomic E-state index is 8.87. The molecule has 1 aliphatic rings. The Balaban J connectivity index is 2.42. The van der Waals surface area contributed by atoms with Crippen LogP contribution in [0.1, 0.15) is 18.5 Å². The first kappa shape index (κ1) is 7.57. The smallest absolute Gasteiger partial charge is 0.129 e. The van der Waals surface area contributed by atoms with Crippen molar-refractivity contribution in [3.8, 4) is 6.07 Å². The molecule has 12 heavy (non-hydrogen) atoms. The number of pyridine rings is 1. The first-order valence-corrected chi connectivity index (χ1v) is 4.19. The summed E-state index contributed by atoms with van der Waals surface area (Å²) in [6, 6.07) is 7.69. The molecule has 0 bridgehead atoms. The van der Waals surface area contributed by atoms with E-state index in [-0.39, 0.29) is 5.41 Å². The van der Waals surface area contributed by atoms with Gasteiger partial charge in [-0.15, -0.1) is 0 Å². The average molecular weight is 179 g/mol. The molecule has 1 heterocycles. The quantitative estimate of drug-likeness (QED) is 0.619. The van der Waals surface area contributed by atoms with E-state index in [1.807, 2.05) is 12.1 Å². The number of aromatic nitrogens is 1. The highest BCUT2D eigenvalue weighted by molar-refractivity contribution is 6.29. The standard InChI is InChI=1S/C9H7ClN2/c10-8-3-1-2-7(12-8)9(6-11)4-5-9/h1-3H,4-5H2. The fourth-order valence-corrected chi connectivity index (χ4v) is 1.39. The highest BCUT2D eigenvalue weighted by Crippen LogP contribution is 2.46. The van der Waals surface area contributed by atoms with E-state index in [2.05, 4.69) is 11.1 Å². The molecule has 0 amide bonds. The van der Waals surface area contributed by atoms with Crippen LogP contribution < -0.4 is 0 Å². The Morgan fingerprint density at radius 1 is 1.50 bits per heavy atom. The first-order chi connectivity index (χ1) is 5.77. The Morgan fingerprint density at radius 2 is 2.25 bits per heavy atom. The molecule has 0 N–H and O–H groups in total. The van der Waals surface area contributed by atoms with Gasteiger partial charge in [0, 0.05) is 0 Å². The van der Waals surface area contributed by atoms with Gasteiger partial charge in [-0.25, -0.2) is 4.98 Å². The largest absolute Gasteiger partial charge is 0.239 e. The third-order valence-corrected chi connectivity index (χ3v) is 2.38. The number of nitriles is 1. The number of rotatable bonds is 1. The normalized spacial score (nSPS) is 18.3. The van der Waals surface area contributed by atoms with Crippen LogP contribution >= 0.6 is 11.6 Å². The van der Waals surface area contributed by atoms with Crippen LogP contribution in [0.2, 0.25) is 5.15 Å². The molecule has 0 radical (unpaired) electrons. The fraction of sp³-hybridized carbons (Fsp3) is 0.333. The van der Waals surface area contributed by atoms with E-state index in [1.165, 1.54) is 0 Å². The van der Waals surface area contributed by atoms with E-state index in [9.17, 15) is 0 Å². The van der Waals surface area contributed by atoms with E-state index in [0.717, 1.165) is 18.5 Å². The minimum atomic E-state index is -0.315. The lowest BCUT2D eigenvalue weighted by molar-refractivity contribution is 0.855. The van der Waals surface area contributed by atoms with Crippen molar-refractivity contribution in [3.63, 3.8) is 0 Å². The molecule has 1 aromatic heterocycles. The van der Waals surface area contributed by atoms with Crippen LogP contribution in [0.5, 0.6) is 0 Å². The topological polar surface area (TPSA) is 36.7 Å². The van der Waals surface area contributed by atoms with Crippen LogP contribution in [0, 0.1) is 11.3 Å². The van der Waals surface area contributed by atoms with Crippen molar-refractivity contribution in [2.24, 2.45) is 0 Å². The summed E-state index contributed by atoms with van der Waals surface area (Å²) in [5.74, 6) is 0. The van der Waals surface area contributed by atoms with Crippen molar-refractivity contribution in [3.05, 3.63) is 29.0 Å². The molecule has 60 valence electrons. The van der Waals surface area contributed by atoms with Gasteiger partial charge in [-0.1, -0.05) is 17.7 Å². The minimum Gasteiger partial charge on any atom is -0.239 e. The van der Waals surface area contributed by atoms with Gasteiger partial charge in [-0.2, -0.15) is 5.26 Å².